The Hall–Kier alpha value is -1.08. The summed E-state index contributed by atoms with van der Waals surface area (Å²) < 4.78 is 47.5. The van der Waals surface area contributed by atoms with E-state index in [0.29, 0.717) is 0 Å². The van der Waals surface area contributed by atoms with Gasteiger partial charge in [-0.15, -0.1) is 0 Å². The number of halogens is 4. The van der Waals surface area contributed by atoms with Crippen LogP contribution in [0.2, 0.25) is 5.02 Å². The number of carboxylic acid groups (broad SMARTS) is 1. The normalized spacial score (nSPS) is 13.3. The van der Waals surface area contributed by atoms with E-state index in [2.05, 4.69) is 0 Å². The molecule has 1 aromatic rings. The first kappa shape index (κ1) is 16.0. The van der Waals surface area contributed by atoms with E-state index in [0.717, 1.165) is 6.07 Å². The summed E-state index contributed by atoms with van der Waals surface area (Å²) in [6, 6.07) is 3.73. The van der Waals surface area contributed by atoms with E-state index in [1.165, 1.54) is 12.1 Å². The first-order valence-electron chi connectivity index (χ1n) is 5.18. The number of hydrogen-bond acceptors (Lipinski definition) is 2. The molecule has 1 aromatic carbocycles. The standard InChI is InChI=1S/C11H10ClF3O3S/c12-9-3-2-7(6-8(9)10(16)17)19(18)5-1-4-11(13,14)15/h2-3,6H,1,4-5H2,(H,16,17). The number of hydrogen-bond donors (Lipinski definition) is 1. The van der Waals surface area contributed by atoms with Crippen molar-refractivity contribution in [3.63, 3.8) is 0 Å². The molecule has 0 spiro atoms. The molecule has 1 unspecified atom stereocenters. The number of benzene rings is 1. The van der Waals surface area contributed by atoms with Gasteiger partial charge in [-0.2, -0.15) is 13.2 Å². The third-order valence-electron chi connectivity index (χ3n) is 2.22. The van der Waals surface area contributed by atoms with Gasteiger partial charge in [-0.25, -0.2) is 4.79 Å². The quantitative estimate of drug-likeness (QED) is 0.905. The van der Waals surface area contributed by atoms with Crippen LogP contribution in [0.5, 0.6) is 0 Å². The maximum atomic E-state index is 11.9. The van der Waals surface area contributed by atoms with Crippen molar-refractivity contribution in [3.05, 3.63) is 28.8 Å². The monoisotopic (exact) mass is 314 g/mol. The van der Waals surface area contributed by atoms with Gasteiger partial charge in [-0.1, -0.05) is 11.6 Å². The first-order chi connectivity index (χ1) is 8.70. The summed E-state index contributed by atoms with van der Waals surface area (Å²) in [5, 5.41) is 8.81. The fourth-order valence-electron chi connectivity index (χ4n) is 1.33. The zero-order valence-electron chi connectivity index (χ0n) is 9.54. The lowest BCUT2D eigenvalue weighted by atomic mass is 10.2. The third-order valence-corrected chi connectivity index (χ3v) is 3.99. The highest BCUT2D eigenvalue weighted by Gasteiger charge is 2.26. The predicted molar refractivity (Wildman–Crippen MR) is 65.0 cm³/mol. The second kappa shape index (κ2) is 6.38. The van der Waals surface area contributed by atoms with E-state index in [1.807, 2.05) is 0 Å². The molecule has 1 atom stereocenters. The molecule has 0 aliphatic carbocycles. The van der Waals surface area contributed by atoms with Crippen LogP contribution in [0.25, 0.3) is 0 Å². The zero-order chi connectivity index (χ0) is 14.6. The smallest absolute Gasteiger partial charge is 0.389 e. The van der Waals surface area contributed by atoms with E-state index in [9.17, 15) is 22.2 Å². The molecule has 0 saturated carbocycles. The highest BCUT2D eigenvalue weighted by Crippen LogP contribution is 2.23. The molecular weight excluding hydrogens is 305 g/mol. The van der Waals surface area contributed by atoms with Crippen molar-refractivity contribution in [1.82, 2.24) is 0 Å². The lowest BCUT2D eigenvalue weighted by molar-refractivity contribution is -0.134. The maximum absolute atomic E-state index is 11.9. The maximum Gasteiger partial charge on any atom is 0.389 e. The summed E-state index contributed by atoms with van der Waals surface area (Å²) in [4.78, 5) is 11.0. The summed E-state index contributed by atoms with van der Waals surface area (Å²) in [7, 11) is -1.68. The lowest BCUT2D eigenvalue weighted by Crippen LogP contribution is -2.10. The van der Waals surface area contributed by atoms with Crippen LogP contribution in [0.15, 0.2) is 23.1 Å². The highest BCUT2D eigenvalue weighted by molar-refractivity contribution is 7.85. The molecule has 0 aliphatic heterocycles. The Balaban J connectivity index is 2.73. The average Bonchev–Trinajstić information content (AvgIpc) is 2.27. The van der Waals surface area contributed by atoms with Gasteiger partial charge in [0.2, 0.25) is 0 Å². The molecule has 0 saturated heterocycles. The molecular formula is C11H10ClF3O3S. The fourth-order valence-corrected chi connectivity index (χ4v) is 2.64. The Bertz CT molecular complexity index is 502. The van der Waals surface area contributed by atoms with Crippen molar-refractivity contribution < 1.29 is 27.3 Å². The van der Waals surface area contributed by atoms with Gasteiger partial charge in [0.05, 0.1) is 21.4 Å². The molecule has 0 aromatic heterocycles. The molecule has 8 heteroatoms. The van der Waals surface area contributed by atoms with Crippen LogP contribution in [0, 0.1) is 0 Å². The van der Waals surface area contributed by atoms with Crippen LogP contribution in [0.4, 0.5) is 13.2 Å². The van der Waals surface area contributed by atoms with Crippen LogP contribution < -0.4 is 0 Å². The Morgan fingerprint density at radius 1 is 1.37 bits per heavy atom. The van der Waals surface area contributed by atoms with E-state index in [1.54, 1.807) is 0 Å². The molecule has 1 rings (SSSR count). The second-order valence-electron chi connectivity index (χ2n) is 3.72. The minimum absolute atomic E-state index is 0.0106. The Morgan fingerprint density at radius 3 is 2.53 bits per heavy atom. The number of carbonyl (C=O) groups is 1. The second-order valence-corrected chi connectivity index (χ2v) is 5.69. The molecule has 0 bridgehead atoms. The van der Waals surface area contributed by atoms with E-state index in [4.69, 9.17) is 16.7 Å². The number of carboxylic acids is 1. The van der Waals surface area contributed by atoms with E-state index < -0.39 is 29.4 Å². The van der Waals surface area contributed by atoms with Gasteiger partial charge in [0.25, 0.3) is 0 Å². The molecule has 1 N–H and O–H groups in total. The van der Waals surface area contributed by atoms with Gasteiger partial charge in [-0.05, 0) is 24.6 Å². The van der Waals surface area contributed by atoms with Gasteiger partial charge in [0.1, 0.15) is 0 Å². The van der Waals surface area contributed by atoms with Crippen molar-refractivity contribution in [2.75, 3.05) is 5.75 Å². The largest absolute Gasteiger partial charge is 0.478 e. The minimum atomic E-state index is -4.28. The molecule has 19 heavy (non-hydrogen) atoms. The van der Waals surface area contributed by atoms with E-state index in [-0.39, 0.29) is 27.7 Å². The zero-order valence-corrected chi connectivity index (χ0v) is 11.1. The summed E-state index contributed by atoms with van der Waals surface area (Å²) in [6.07, 6.45) is -5.57. The van der Waals surface area contributed by atoms with Crippen molar-refractivity contribution in [2.45, 2.75) is 23.9 Å². The molecule has 106 valence electrons. The number of rotatable bonds is 5. The Labute approximate surface area is 114 Å². The molecule has 3 nitrogen and oxygen atoms in total. The van der Waals surface area contributed by atoms with Crippen molar-refractivity contribution >= 4 is 28.4 Å². The number of alkyl halides is 3. The third kappa shape index (κ3) is 5.20. The van der Waals surface area contributed by atoms with Gasteiger partial charge in [-0.3, -0.25) is 4.21 Å². The van der Waals surface area contributed by atoms with Gasteiger partial charge in [0.15, 0.2) is 0 Å². The van der Waals surface area contributed by atoms with Crippen LogP contribution >= 0.6 is 11.6 Å². The molecule has 0 heterocycles. The van der Waals surface area contributed by atoms with Crippen molar-refractivity contribution in [3.8, 4) is 0 Å². The van der Waals surface area contributed by atoms with Gasteiger partial charge < -0.3 is 5.11 Å². The molecule has 0 aliphatic rings. The predicted octanol–water partition coefficient (Wildman–Crippen LogP) is 3.49. The Kier molecular flexibility index (Phi) is 5.37. The van der Waals surface area contributed by atoms with E-state index >= 15 is 0 Å². The average molecular weight is 315 g/mol. The number of aromatic carboxylic acids is 1. The molecule has 0 radical (unpaired) electrons. The summed E-state index contributed by atoms with van der Waals surface area (Å²) in [5.74, 6) is -1.46. The SMILES string of the molecule is O=C(O)c1cc(S(=O)CCCC(F)(F)F)ccc1Cl. The van der Waals surface area contributed by atoms with Gasteiger partial charge >= 0.3 is 12.1 Å². The van der Waals surface area contributed by atoms with Crippen LogP contribution in [0.1, 0.15) is 23.2 Å². The topological polar surface area (TPSA) is 54.4 Å². The summed E-state index contributed by atoms with van der Waals surface area (Å²) in [5.41, 5.74) is -0.219. The van der Waals surface area contributed by atoms with Crippen LogP contribution in [-0.2, 0) is 10.8 Å². The lowest BCUT2D eigenvalue weighted by Gasteiger charge is -2.07. The summed E-state index contributed by atoms with van der Waals surface area (Å²) >= 11 is 5.63. The molecule has 0 fully saturated rings. The first-order valence-corrected chi connectivity index (χ1v) is 6.88. The Morgan fingerprint density at radius 2 is 2.00 bits per heavy atom. The fraction of sp³-hybridized carbons (Fsp3) is 0.364. The minimum Gasteiger partial charge on any atom is -0.478 e. The van der Waals surface area contributed by atoms with Crippen LogP contribution in [0.3, 0.4) is 0 Å². The van der Waals surface area contributed by atoms with Crippen molar-refractivity contribution in [2.24, 2.45) is 0 Å². The molecule has 0 amide bonds. The van der Waals surface area contributed by atoms with Gasteiger partial charge in [0, 0.05) is 17.1 Å². The van der Waals surface area contributed by atoms with Crippen molar-refractivity contribution in [1.29, 1.82) is 0 Å². The summed E-state index contributed by atoms with van der Waals surface area (Å²) in [6.45, 7) is 0. The van der Waals surface area contributed by atoms with Crippen LogP contribution in [-0.4, -0.2) is 27.2 Å². The highest BCUT2D eigenvalue weighted by atomic mass is 35.5.